The topological polar surface area (TPSA) is 15.3 Å². The number of nitrogens with one attached hydrogen (secondary N) is 1. The van der Waals surface area contributed by atoms with Crippen LogP contribution in [-0.4, -0.2) is 30.6 Å². The van der Waals surface area contributed by atoms with Crippen molar-refractivity contribution in [2.75, 3.05) is 19.6 Å². The lowest BCUT2D eigenvalue weighted by Crippen LogP contribution is -2.54. The van der Waals surface area contributed by atoms with Gasteiger partial charge in [-0.3, -0.25) is 4.90 Å². The second-order valence-corrected chi connectivity index (χ2v) is 6.74. The third-order valence-electron chi connectivity index (χ3n) is 4.73. The van der Waals surface area contributed by atoms with Gasteiger partial charge in [0.15, 0.2) is 0 Å². The maximum atomic E-state index is 3.76. The summed E-state index contributed by atoms with van der Waals surface area (Å²) in [7, 11) is 0. The van der Waals surface area contributed by atoms with Gasteiger partial charge in [-0.15, -0.1) is 0 Å². The number of hydrogen-bond donors (Lipinski definition) is 1. The number of rotatable bonds is 7. The van der Waals surface area contributed by atoms with Gasteiger partial charge in [0.25, 0.3) is 0 Å². The fraction of sp³-hybridized carbons (Fsp3) is 0.684. The number of hydrogen-bond acceptors (Lipinski definition) is 2. The molecule has 1 aromatic carbocycles. The largest absolute Gasteiger partial charge is 0.307 e. The first-order valence-electron chi connectivity index (χ1n) is 8.74. The van der Waals surface area contributed by atoms with E-state index in [2.05, 4.69) is 61.3 Å². The van der Waals surface area contributed by atoms with Crippen LogP contribution < -0.4 is 5.32 Å². The van der Waals surface area contributed by atoms with E-state index in [4.69, 9.17) is 0 Å². The van der Waals surface area contributed by atoms with Crippen LogP contribution in [0.2, 0.25) is 0 Å². The molecule has 0 spiro atoms. The van der Waals surface area contributed by atoms with E-state index in [1.54, 1.807) is 0 Å². The van der Waals surface area contributed by atoms with Crippen molar-refractivity contribution in [2.45, 2.75) is 58.5 Å². The summed E-state index contributed by atoms with van der Waals surface area (Å²) >= 11 is 0. The van der Waals surface area contributed by atoms with Crippen molar-refractivity contribution in [3.63, 3.8) is 0 Å². The SMILES string of the molecule is CCCCCCN1CC(c2ccccc2)NCC1C(C)C. The van der Waals surface area contributed by atoms with Crippen LogP contribution in [0.4, 0.5) is 0 Å². The van der Waals surface area contributed by atoms with Gasteiger partial charge in [-0.2, -0.15) is 0 Å². The Balaban J connectivity index is 1.95. The van der Waals surface area contributed by atoms with E-state index in [-0.39, 0.29) is 0 Å². The lowest BCUT2D eigenvalue weighted by molar-refractivity contribution is 0.0963. The lowest BCUT2D eigenvalue weighted by atomic mass is 9.95. The molecule has 0 radical (unpaired) electrons. The van der Waals surface area contributed by atoms with Gasteiger partial charge in [-0.1, -0.05) is 70.4 Å². The van der Waals surface area contributed by atoms with Gasteiger partial charge >= 0.3 is 0 Å². The Bertz CT molecular complexity index is 388. The Morgan fingerprint density at radius 3 is 2.57 bits per heavy atom. The van der Waals surface area contributed by atoms with Crippen molar-refractivity contribution in [1.82, 2.24) is 10.2 Å². The quantitative estimate of drug-likeness (QED) is 0.755. The van der Waals surface area contributed by atoms with E-state index in [0.29, 0.717) is 12.1 Å². The van der Waals surface area contributed by atoms with Crippen molar-refractivity contribution < 1.29 is 0 Å². The third kappa shape index (κ3) is 4.82. The van der Waals surface area contributed by atoms with Gasteiger partial charge in [0.1, 0.15) is 0 Å². The summed E-state index contributed by atoms with van der Waals surface area (Å²) in [5.41, 5.74) is 1.43. The van der Waals surface area contributed by atoms with Crippen molar-refractivity contribution in [1.29, 1.82) is 0 Å². The number of piperazine rings is 1. The second-order valence-electron chi connectivity index (χ2n) is 6.74. The van der Waals surface area contributed by atoms with Gasteiger partial charge in [-0.05, 0) is 24.4 Å². The molecule has 1 aliphatic rings. The monoisotopic (exact) mass is 288 g/mol. The summed E-state index contributed by atoms with van der Waals surface area (Å²) in [6, 6.07) is 12.1. The Labute approximate surface area is 130 Å². The maximum Gasteiger partial charge on any atom is 0.0449 e. The van der Waals surface area contributed by atoms with E-state index in [0.717, 1.165) is 19.0 Å². The molecule has 2 unspecified atom stereocenters. The van der Waals surface area contributed by atoms with E-state index in [1.165, 1.54) is 37.8 Å². The van der Waals surface area contributed by atoms with Crippen LogP contribution in [-0.2, 0) is 0 Å². The lowest BCUT2D eigenvalue weighted by Gasteiger charge is -2.42. The molecule has 0 aliphatic carbocycles. The summed E-state index contributed by atoms with van der Waals surface area (Å²) in [5, 5.41) is 3.76. The first-order valence-corrected chi connectivity index (χ1v) is 8.74. The zero-order valence-corrected chi connectivity index (χ0v) is 14.0. The summed E-state index contributed by atoms with van der Waals surface area (Å²) in [6.07, 6.45) is 5.42. The second kappa shape index (κ2) is 8.55. The molecule has 1 saturated heterocycles. The highest BCUT2D eigenvalue weighted by Crippen LogP contribution is 2.23. The van der Waals surface area contributed by atoms with Gasteiger partial charge in [-0.25, -0.2) is 0 Å². The van der Waals surface area contributed by atoms with Crippen molar-refractivity contribution in [3.05, 3.63) is 35.9 Å². The van der Waals surface area contributed by atoms with Crippen LogP contribution in [0, 0.1) is 5.92 Å². The Kier molecular flexibility index (Phi) is 6.72. The fourth-order valence-electron chi connectivity index (χ4n) is 3.39. The minimum atomic E-state index is 0.493. The highest BCUT2D eigenvalue weighted by Gasteiger charge is 2.29. The number of benzene rings is 1. The van der Waals surface area contributed by atoms with Crippen LogP contribution >= 0.6 is 0 Å². The molecule has 0 amide bonds. The number of unbranched alkanes of at least 4 members (excludes halogenated alkanes) is 3. The first kappa shape index (κ1) is 16.5. The average molecular weight is 288 g/mol. The van der Waals surface area contributed by atoms with Crippen molar-refractivity contribution >= 4 is 0 Å². The van der Waals surface area contributed by atoms with Crippen LogP contribution in [0.15, 0.2) is 30.3 Å². The first-order chi connectivity index (χ1) is 10.2. The molecule has 1 N–H and O–H groups in total. The van der Waals surface area contributed by atoms with Crippen molar-refractivity contribution in [2.24, 2.45) is 5.92 Å². The summed E-state index contributed by atoms with van der Waals surface area (Å²) < 4.78 is 0. The number of nitrogens with zero attached hydrogens (tertiary/aromatic N) is 1. The summed E-state index contributed by atoms with van der Waals surface area (Å²) in [6.45, 7) is 10.5. The van der Waals surface area contributed by atoms with E-state index in [9.17, 15) is 0 Å². The highest BCUT2D eigenvalue weighted by atomic mass is 15.2. The smallest absolute Gasteiger partial charge is 0.0449 e. The molecular formula is C19H32N2. The van der Waals surface area contributed by atoms with Gasteiger partial charge in [0.05, 0.1) is 0 Å². The molecule has 21 heavy (non-hydrogen) atoms. The molecule has 2 rings (SSSR count). The van der Waals surface area contributed by atoms with E-state index < -0.39 is 0 Å². The zero-order chi connectivity index (χ0) is 15.1. The highest BCUT2D eigenvalue weighted by molar-refractivity contribution is 5.20. The molecule has 2 nitrogen and oxygen atoms in total. The Hall–Kier alpha value is -0.860. The van der Waals surface area contributed by atoms with Gasteiger partial charge in [0, 0.05) is 25.2 Å². The Morgan fingerprint density at radius 2 is 1.90 bits per heavy atom. The van der Waals surface area contributed by atoms with Crippen LogP contribution in [0.1, 0.15) is 58.1 Å². The van der Waals surface area contributed by atoms with Crippen molar-refractivity contribution in [3.8, 4) is 0 Å². The van der Waals surface area contributed by atoms with Gasteiger partial charge in [0.2, 0.25) is 0 Å². The summed E-state index contributed by atoms with van der Waals surface area (Å²) in [5.74, 6) is 0.723. The van der Waals surface area contributed by atoms with Crippen LogP contribution in [0.25, 0.3) is 0 Å². The predicted octanol–water partition coefficient (Wildman–Crippen LogP) is 4.24. The Morgan fingerprint density at radius 1 is 1.14 bits per heavy atom. The van der Waals surface area contributed by atoms with E-state index in [1.807, 2.05) is 0 Å². The third-order valence-corrected chi connectivity index (χ3v) is 4.73. The normalized spacial score (nSPS) is 23.6. The van der Waals surface area contributed by atoms with Crippen LogP contribution in [0.5, 0.6) is 0 Å². The molecule has 2 atom stereocenters. The standard InChI is InChI=1S/C19H32N2/c1-4-5-6-10-13-21-15-18(17-11-8-7-9-12-17)20-14-19(21)16(2)3/h7-9,11-12,16,18-20H,4-6,10,13-15H2,1-3H3. The molecule has 1 heterocycles. The molecule has 2 heteroatoms. The molecule has 0 bridgehead atoms. The molecule has 1 fully saturated rings. The summed E-state index contributed by atoms with van der Waals surface area (Å²) in [4.78, 5) is 2.73. The zero-order valence-electron chi connectivity index (χ0n) is 14.0. The van der Waals surface area contributed by atoms with Gasteiger partial charge < -0.3 is 5.32 Å². The predicted molar refractivity (Wildman–Crippen MR) is 91.5 cm³/mol. The molecule has 118 valence electrons. The minimum Gasteiger partial charge on any atom is -0.307 e. The molecule has 1 aromatic rings. The average Bonchev–Trinajstić information content (AvgIpc) is 2.52. The molecule has 1 aliphatic heterocycles. The molecule has 0 aromatic heterocycles. The molecular weight excluding hydrogens is 256 g/mol. The van der Waals surface area contributed by atoms with E-state index >= 15 is 0 Å². The molecule has 0 saturated carbocycles. The maximum absolute atomic E-state index is 3.76. The van der Waals surface area contributed by atoms with Crippen LogP contribution in [0.3, 0.4) is 0 Å². The minimum absolute atomic E-state index is 0.493. The fourth-order valence-corrected chi connectivity index (χ4v) is 3.39.